The Balaban J connectivity index is 1.57. The highest BCUT2D eigenvalue weighted by Crippen LogP contribution is 2.22. The highest BCUT2D eigenvalue weighted by Gasteiger charge is 2.04. The summed E-state index contributed by atoms with van der Waals surface area (Å²) in [6, 6.07) is 15.8. The molecule has 1 aromatic heterocycles. The summed E-state index contributed by atoms with van der Waals surface area (Å²) >= 11 is 11.5. The fourth-order valence-electron chi connectivity index (χ4n) is 2.28. The van der Waals surface area contributed by atoms with Crippen LogP contribution >= 0.6 is 23.8 Å². The van der Waals surface area contributed by atoms with Crippen LogP contribution in [0.3, 0.4) is 0 Å². The Morgan fingerprint density at radius 1 is 1.17 bits per heavy atom. The highest BCUT2D eigenvalue weighted by molar-refractivity contribution is 7.80. The Kier molecular flexibility index (Phi) is 5.13. The molecular formula is C18H17ClN4S. The van der Waals surface area contributed by atoms with Crippen LogP contribution < -0.4 is 10.6 Å². The minimum atomic E-state index is 0.566. The molecule has 0 unspecified atom stereocenters. The van der Waals surface area contributed by atoms with Crippen molar-refractivity contribution in [2.75, 3.05) is 5.32 Å². The van der Waals surface area contributed by atoms with Crippen LogP contribution in [0, 0.1) is 6.92 Å². The van der Waals surface area contributed by atoms with E-state index in [1.54, 1.807) is 6.20 Å². The fraction of sp³-hybridized carbons (Fsp3) is 0.111. The largest absolute Gasteiger partial charge is 0.358 e. The number of benzene rings is 2. The fourth-order valence-corrected chi connectivity index (χ4v) is 2.64. The van der Waals surface area contributed by atoms with Crippen LogP contribution in [0.1, 0.15) is 11.1 Å². The molecule has 1 heterocycles. The number of anilines is 1. The van der Waals surface area contributed by atoms with Crippen molar-refractivity contribution in [1.82, 2.24) is 15.1 Å². The van der Waals surface area contributed by atoms with Gasteiger partial charge in [-0.2, -0.15) is 5.10 Å². The number of aromatic nitrogens is 2. The molecule has 3 aromatic rings. The molecule has 0 aliphatic rings. The van der Waals surface area contributed by atoms with Crippen LogP contribution in [-0.2, 0) is 6.54 Å². The van der Waals surface area contributed by atoms with E-state index in [9.17, 15) is 0 Å². The molecule has 0 aliphatic carbocycles. The van der Waals surface area contributed by atoms with E-state index in [4.69, 9.17) is 23.8 Å². The van der Waals surface area contributed by atoms with Crippen molar-refractivity contribution in [3.8, 4) is 5.69 Å². The van der Waals surface area contributed by atoms with Gasteiger partial charge in [-0.3, -0.25) is 0 Å². The molecular weight excluding hydrogens is 340 g/mol. The number of nitrogens with one attached hydrogen (secondary N) is 2. The van der Waals surface area contributed by atoms with Gasteiger partial charge in [0.1, 0.15) is 0 Å². The van der Waals surface area contributed by atoms with Crippen molar-refractivity contribution in [2.45, 2.75) is 13.5 Å². The van der Waals surface area contributed by atoms with E-state index in [1.807, 2.05) is 54.2 Å². The summed E-state index contributed by atoms with van der Waals surface area (Å²) in [5.41, 5.74) is 4.05. The standard InChI is InChI=1S/C18H17ClN4S/c1-13-16(19)4-2-5-17(13)22-18(24)20-12-14-6-8-15(9-7-14)23-11-3-10-21-23/h2-11H,12H2,1H3,(H2,20,22,24). The van der Waals surface area contributed by atoms with Crippen LogP contribution in [0.2, 0.25) is 5.02 Å². The van der Waals surface area contributed by atoms with Gasteiger partial charge >= 0.3 is 0 Å². The Morgan fingerprint density at radius 3 is 2.67 bits per heavy atom. The Labute approximate surface area is 151 Å². The smallest absolute Gasteiger partial charge is 0.171 e. The van der Waals surface area contributed by atoms with Crippen LogP contribution in [0.4, 0.5) is 5.69 Å². The summed E-state index contributed by atoms with van der Waals surface area (Å²) in [5, 5.41) is 11.9. The van der Waals surface area contributed by atoms with Crippen LogP contribution in [-0.4, -0.2) is 14.9 Å². The lowest BCUT2D eigenvalue weighted by atomic mass is 10.2. The van der Waals surface area contributed by atoms with Gasteiger partial charge in [0, 0.05) is 29.6 Å². The third kappa shape index (κ3) is 3.93. The Bertz CT molecular complexity index is 829. The molecule has 2 aromatic carbocycles. The van der Waals surface area contributed by atoms with Gasteiger partial charge in [-0.25, -0.2) is 4.68 Å². The second-order valence-corrected chi connectivity index (χ2v) is 6.15. The minimum absolute atomic E-state index is 0.566. The molecule has 0 saturated heterocycles. The number of thiocarbonyl (C=S) groups is 1. The maximum absolute atomic E-state index is 6.12. The van der Waals surface area contributed by atoms with Crippen molar-refractivity contribution in [3.63, 3.8) is 0 Å². The van der Waals surface area contributed by atoms with Gasteiger partial charge in [-0.1, -0.05) is 29.8 Å². The third-order valence-corrected chi connectivity index (χ3v) is 4.33. The van der Waals surface area contributed by atoms with E-state index in [2.05, 4.69) is 27.9 Å². The van der Waals surface area contributed by atoms with Crippen molar-refractivity contribution >= 4 is 34.6 Å². The van der Waals surface area contributed by atoms with Gasteiger partial charge in [0.15, 0.2) is 5.11 Å². The van der Waals surface area contributed by atoms with E-state index < -0.39 is 0 Å². The molecule has 2 N–H and O–H groups in total. The van der Waals surface area contributed by atoms with Crippen molar-refractivity contribution in [3.05, 3.63) is 77.1 Å². The summed E-state index contributed by atoms with van der Waals surface area (Å²) in [4.78, 5) is 0. The van der Waals surface area contributed by atoms with Crippen molar-refractivity contribution in [2.24, 2.45) is 0 Å². The second kappa shape index (κ2) is 7.47. The molecule has 6 heteroatoms. The molecule has 4 nitrogen and oxygen atoms in total. The topological polar surface area (TPSA) is 41.9 Å². The predicted octanol–water partition coefficient (Wildman–Crippen LogP) is 4.32. The van der Waals surface area contributed by atoms with Crippen molar-refractivity contribution in [1.29, 1.82) is 0 Å². The van der Waals surface area contributed by atoms with E-state index in [0.717, 1.165) is 27.5 Å². The number of nitrogens with zero attached hydrogens (tertiary/aromatic N) is 2. The predicted molar refractivity (Wildman–Crippen MR) is 103 cm³/mol. The zero-order valence-corrected chi connectivity index (χ0v) is 14.7. The summed E-state index contributed by atoms with van der Waals surface area (Å²) in [6.07, 6.45) is 3.68. The molecule has 0 bridgehead atoms. The zero-order valence-electron chi connectivity index (χ0n) is 13.2. The van der Waals surface area contributed by atoms with Crippen LogP contribution in [0.25, 0.3) is 5.69 Å². The van der Waals surface area contributed by atoms with Gasteiger partial charge in [0.25, 0.3) is 0 Å². The minimum Gasteiger partial charge on any atom is -0.358 e. The molecule has 0 saturated carbocycles. The molecule has 0 radical (unpaired) electrons. The quantitative estimate of drug-likeness (QED) is 0.683. The molecule has 0 amide bonds. The molecule has 0 fully saturated rings. The first-order chi connectivity index (χ1) is 11.6. The zero-order chi connectivity index (χ0) is 16.9. The maximum atomic E-state index is 6.12. The number of halogens is 1. The van der Waals surface area contributed by atoms with Gasteiger partial charge in [0.05, 0.1) is 5.69 Å². The lowest BCUT2D eigenvalue weighted by Gasteiger charge is -2.13. The number of rotatable bonds is 4. The number of hydrogen-bond donors (Lipinski definition) is 2. The van der Waals surface area contributed by atoms with E-state index in [0.29, 0.717) is 11.7 Å². The molecule has 3 rings (SSSR count). The Morgan fingerprint density at radius 2 is 1.96 bits per heavy atom. The van der Waals surface area contributed by atoms with Gasteiger partial charge < -0.3 is 10.6 Å². The summed E-state index contributed by atoms with van der Waals surface area (Å²) in [6.45, 7) is 2.60. The van der Waals surface area contributed by atoms with Gasteiger partial charge in [-0.15, -0.1) is 0 Å². The second-order valence-electron chi connectivity index (χ2n) is 5.34. The average Bonchev–Trinajstić information content (AvgIpc) is 3.12. The van der Waals surface area contributed by atoms with Crippen LogP contribution in [0.15, 0.2) is 60.9 Å². The van der Waals surface area contributed by atoms with Crippen LogP contribution in [0.5, 0.6) is 0 Å². The Hall–Kier alpha value is -2.37. The molecule has 0 aliphatic heterocycles. The highest BCUT2D eigenvalue weighted by atomic mass is 35.5. The van der Waals surface area contributed by atoms with Gasteiger partial charge in [-0.05, 0) is 60.6 Å². The number of hydrogen-bond acceptors (Lipinski definition) is 2. The SMILES string of the molecule is Cc1c(Cl)cccc1NC(=S)NCc1ccc(-n2cccn2)cc1. The normalized spacial score (nSPS) is 10.4. The molecule has 24 heavy (non-hydrogen) atoms. The molecule has 122 valence electrons. The molecule has 0 atom stereocenters. The van der Waals surface area contributed by atoms with Gasteiger partial charge in [0.2, 0.25) is 0 Å². The summed E-state index contributed by atoms with van der Waals surface area (Å²) in [5.74, 6) is 0. The summed E-state index contributed by atoms with van der Waals surface area (Å²) < 4.78 is 1.82. The van der Waals surface area contributed by atoms with E-state index in [-0.39, 0.29) is 0 Å². The summed E-state index contributed by atoms with van der Waals surface area (Å²) in [7, 11) is 0. The van der Waals surface area contributed by atoms with E-state index >= 15 is 0 Å². The molecule has 0 spiro atoms. The lowest BCUT2D eigenvalue weighted by molar-refractivity contribution is 0.874. The first-order valence-electron chi connectivity index (χ1n) is 7.52. The van der Waals surface area contributed by atoms with E-state index in [1.165, 1.54) is 0 Å². The first kappa shape index (κ1) is 16.5. The average molecular weight is 357 g/mol. The maximum Gasteiger partial charge on any atom is 0.171 e. The monoisotopic (exact) mass is 356 g/mol. The van der Waals surface area contributed by atoms with Crippen molar-refractivity contribution < 1.29 is 0 Å². The first-order valence-corrected chi connectivity index (χ1v) is 8.31. The third-order valence-electron chi connectivity index (χ3n) is 3.67. The lowest BCUT2D eigenvalue weighted by Crippen LogP contribution is -2.28.